The van der Waals surface area contributed by atoms with Gasteiger partial charge in [0.05, 0.1) is 12.4 Å². The van der Waals surface area contributed by atoms with Crippen molar-refractivity contribution in [2.45, 2.75) is 16.8 Å². The lowest BCUT2D eigenvalue weighted by Gasteiger charge is -2.17. The van der Waals surface area contributed by atoms with Crippen molar-refractivity contribution < 1.29 is 17.9 Å². The molecular weight excluding hydrogens is 472 g/mol. The molecular formula is C9H17I2NO4S. The number of esters is 1. The number of sulfonamides is 1. The molecule has 8 heteroatoms. The number of hydrogen-bond acceptors (Lipinski definition) is 4. The van der Waals surface area contributed by atoms with E-state index in [1.54, 1.807) is 6.92 Å². The Morgan fingerprint density at radius 1 is 1.41 bits per heavy atom. The Hall–Kier alpha value is 0.840. The molecule has 0 aliphatic rings. The van der Waals surface area contributed by atoms with E-state index in [-0.39, 0.29) is 18.3 Å². The summed E-state index contributed by atoms with van der Waals surface area (Å²) in [4.78, 5) is 11.6. The van der Waals surface area contributed by atoms with E-state index in [1.807, 2.05) is 22.6 Å². The van der Waals surface area contributed by atoms with Crippen molar-refractivity contribution in [1.29, 1.82) is 0 Å². The minimum absolute atomic E-state index is 0.00449. The third-order valence-corrected chi connectivity index (χ3v) is 7.74. The molecule has 0 radical (unpaired) electrons. The Morgan fingerprint density at radius 3 is 2.35 bits per heavy atom. The van der Waals surface area contributed by atoms with Crippen LogP contribution in [0, 0.1) is 0 Å². The lowest BCUT2D eigenvalue weighted by molar-refractivity contribution is -0.144. The Labute approximate surface area is 130 Å². The summed E-state index contributed by atoms with van der Waals surface area (Å²) in [6, 6.07) is 0. The Bertz CT molecular complexity index is 354. The van der Waals surface area contributed by atoms with Gasteiger partial charge in [0.2, 0.25) is 10.0 Å². The fourth-order valence-electron chi connectivity index (χ4n) is 0.794. The molecule has 5 nitrogen and oxygen atoms in total. The number of carbonyl (C=O) groups excluding carboxylic acids is 1. The van der Waals surface area contributed by atoms with Crippen LogP contribution in [0.4, 0.5) is 0 Å². The highest BCUT2D eigenvalue weighted by atomic mass is 127. The molecule has 17 heavy (non-hydrogen) atoms. The van der Waals surface area contributed by atoms with Crippen LogP contribution >= 0.6 is 45.2 Å². The van der Waals surface area contributed by atoms with Crippen LogP contribution in [0.5, 0.6) is 0 Å². The molecule has 0 rings (SSSR count). The van der Waals surface area contributed by atoms with E-state index in [1.165, 1.54) is 18.4 Å². The van der Waals surface area contributed by atoms with E-state index in [0.29, 0.717) is 10.8 Å². The maximum absolute atomic E-state index is 11.6. The van der Waals surface area contributed by atoms with Crippen molar-refractivity contribution >= 4 is 61.2 Å². The molecule has 102 valence electrons. The zero-order valence-electron chi connectivity index (χ0n) is 10.1. The SMILES string of the molecule is CN(C)S(=O)(=O)CCCOC(=O)C(C)(I)CI. The number of carbonyl (C=O) groups is 1. The maximum Gasteiger partial charge on any atom is 0.322 e. The average molecular weight is 489 g/mol. The summed E-state index contributed by atoms with van der Waals surface area (Å²) in [5, 5.41) is 0. The van der Waals surface area contributed by atoms with Crippen LogP contribution < -0.4 is 0 Å². The Kier molecular flexibility index (Phi) is 7.80. The zero-order valence-corrected chi connectivity index (χ0v) is 15.2. The van der Waals surface area contributed by atoms with Crippen LogP contribution in [-0.2, 0) is 19.6 Å². The van der Waals surface area contributed by atoms with Gasteiger partial charge < -0.3 is 4.74 Å². The molecule has 0 spiro atoms. The monoisotopic (exact) mass is 489 g/mol. The molecule has 0 aromatic heterocycles. The summed E-state index contributed by atoms with van der Waals surface area (Å²) in [5.41, 5.74) is 0. The summed E-state index contributed by atoms with van der Waals surface area (Å²) < 4.78 is 29.1. The summed E-state index contributed by atoms with van der Waals surface area (Å²) in [5.74, 6) is -0.301. The second-order valence-electron chi connectivity index (χ2n) is 3.92. The molecule has 0 bridgehead atoms. The molecule has 0 saturated carbocycles. The predicted molar refractivity (Wildman–Crippen MR) is 84.4 cm³/mol. The molecule has 1 unspecified atom stereocenters. The van der Waals surface area contributed by atoms with E-state index in [0.717, 1.165) is 0 Å². The fourth-order valence-corrected chi connectivity index (χ4v) is 2.11. The first kappa shape index (κ1) is 17.8. The predicted octanol–water partition coefficient (Wildman–Crippen LogP) is 1.44. The maximum atomic E-state index is 11.6. The van der Waals surface area contributed by atoms with E-state index in [4.69, 9.17) is 4.74 Å². The van der Waals surface area contributed by atoms with Gasteiger partial charge in [0.15, 0.2) is 0 Å². The molecule has 0 fully saturated rings. The van der Waals surface area contributed by atoms with E-state index >= 15 is 0 Å². The van der Waals surface area contributed by atoms with Gasteiger partial charge in [-0.3, -0.25) is 4.79 Å². The van der Waals surface area contributed by atoms with E-state index < -0.39 is 13.4 Å². The van der Waals surface area contributed by atoms with Gasteiger partial charge in [-0.1, -0.05) is 45.2 Å². The van der Waals surface area contributed by atoms with Gasteiger partial charge in [0, 0.05) is 18.5 Å². The van der Waals surface area contributed by atoms with Gasteiger partial charge in [0.25, 0.3) is 0 Å². The van der Waals surface area contributed by atoms with Gasteiger partial charge in [-0.05, 0) is 13.3 Å². The minimum atomic E-state index is -3.20. The molecule has 0 aromatic carbocycles. The molecule has 0 N–H and O–H groups in total. The van der Waals surface area contributed by atoms with Crippen LogP contribution in [-0.4, -0.2) is 53.0 Å². The summed E-state index contributed by atoms with van der Waals surface area (Å²) in [7, 11) is -0.228. The smallest absolute Gasteiger partial charge is 0.322 e. The topological polar surface area (TPSA) is 63.7 Å². The quantitative estimate of drug-likeness (QED) is 0.235. The van der Waals surface area contributed by atoms with Crippen LogP contribution in [0.25, 0.3) is 0 Å². The Morgan fingerprint density at radius 2 is 1.94 bits per heavy atom. The molecule has 0 aliphatic heterocycles. The van der Waals surface area contributed by atoms with Crippen LogP contribution in [0.1, 0.15) is 13.3 Å². The molecule has 0 heterocycles. The third-order valence-electron chi connectivity index (χ3n) is 2.01. The first-order chi connectivity index (χ1) is 7.63. The van der Waals surface area contributed by atoms with Crippen LogP contribution in [0.2, 0.25) is 0 Å². The van der Waals surface area contributed by atoms with Crippen molar-refractivity contribution in [2.75, 3.05) is 30.9 Å². The fraction of sp³-hybridized carbons (Fsp3) is 0.889. The standard InChI is InChI=1S/C9H17I2NO4S/c1-9(11,7-10)8(13)16-5-4-6-17(14,15)12(2)3/h4-7H2,1-3H3. The van der Waals surface area contributed by atoms with Crippen LogP contribution in [0.15, 0.2) is 0 Å². The molecule has 0 saturated heterocycles. The molecule has 1 atom stereocenters. The molecule has 0 aromatic rings. The number of halogens is 2. The lowest BCUT2D eigenvalue weighted by atomic mass is 10.2. The minimum Gasteiger partial charge on any atom is -0.465 e. The number of rotatable bonds is 7. The van der Waals surface area contributed by atoms with E-state index in [9.17, 15) is 13.2 Å². The second-order valence-corrected chi connectivity index (χ2v) is 9.37. The van der Waals surface area contributed by atoms with Crippen molar-refractivity contribution in [2.24, 2.45) is 0 Å². The van der Waals surface area contributed by atoms with Crippen LogP contribution in [0.3, 0.4) is 0 Å². The van der Waals surface area contributed by atoms with Crippen molar-refractivity contribution in [3.8, 4) is 0 Å². The Balaban J connectivity index is 4.00. The van der Waals surface area contributed by atoms with Gasteiger partial charge in [0.1, 0.15) is 3.42 Å². The van der Waals surface area contributed by atoms with E-state index in [2.05, 4.69) is 22.6 Å². The summed E-state index contributed by atoms with van der Waals surface area (Å²) in [6.07, 6.45) is 0.320. The van der Waals surface area contributed by atoms with Gasteiger partial charge in [-0.25, -0.2) is 12.7 Å². The lowest BCUT2D eigenvalue weighted by Crippen LogP contribution is -2.32. The highest BCUT2D eigenvalue weighted by Crippen LogP contribution is 2.22. The third kappa shape index (κ3) is 6.53. The molecule has 0 amide bonds. The first-order valence-electron chi connectivity index (χ1n) is 4.96. The van der Waals surface area contributed by atoms with Gasteiger partial charge in [-0.2, -0.15) is 0 Å². The summed E-state index contributed by atoms with van der Waals surface area (Å²) >= 11 is 4.15. The first-order valence-corrected chi connectivity index (χ1v) is 9.17. The summed E-state index contributed by atoms with van der Waals surface area (Å²) in [6.45, 7) is 1.93. The number of alkyl halides is 2. The van der Waals surface area contributed by atoms with Gasteiger partial charge in [-0.15, -0.1) is 0 Å². The van der Waals surface area contributed by atoms with Crippen molar-refractivity contribution in [3.05, 3.63) is 0 Å². The van der Waals surface area contributed by atoms with Gasteiger partial charge >= 0.3 is 5.97 Å². The normalized spacial score (nSPS) is 15.6. The van der Waals surface area contributed by atoms with Crippen molar-refractivity contribution in [3.63, 3.8) is 0 Å². The highest BCUT2D eigenvalue weighted by Gasteiger charge is 2.30. The largest absolute Gasteiger partial charge is 0.465 e. The number of ether oxygens (including phenoxy) is 1. The molecule has 0 aliphatic carbocycles. The average Bonchev–Trinajstić information content (AvgIpc) is 2.23. The second kappa shape index (κ2) is 7.43. The number of nitrogens with zero attached hydrogens (tertiary/aromatic N) is 1. The van der Waals surface area contributed by atoms with Crippen molar-refractivity contribution in [1.82, 2.24) is 4.31 Å². The highest BCUT2D eigenvalue weighted by molar-refractivity contribution is 14.1. The number of hydrogen-bond donors (Lipinski definition) is 0. The zero-order chi connectivity index (χ0) is 13.7.